The lowest BCUT2D eigenvalue weighted by atomic mass is 10.0. The number of carbonyl (C=O) groups excluding carboxylic acids is 2. The van der Waals surface area contributed by atoms with Gasteiger partial charge in [0.15, 0.2) is 0 Å². The molecule has 9 heteroatoms. The average molecular weight is 396 g/mol. The third kappa shape index (κ3) is 3.79. The van der Waals surface area contributed by atoms with Gasteiger partial charge < -0.3 is 15.2 Å². The van der Waals surface area contributed by atoms with E-state index < -0.39 is 12.0 Å². The number of carbonyl (C=O) groups is 3. The molecule has 0 spiro atoms. The predicted octanol–water partition coefficient (Wildman–Crippen LogP) is 1.46. The molecule has 2 atom stereocenters. The van der Waals surface area contributed by atoms with Crippen molar-refractivity contribution in [2.75, 3.05) is 19.0 Å². The molecule has 0 unspecified atom stereocenters. The molecule has 1 aromatic heterocycles. The van der Waals surface area contributed by atoms with E-state index in [9.17, 15) is 19.5 Å². The number of aliphatic carboxylic acids is 1. The van der Waals surface area contributed by atoms with Crippen LogP contribution in [-0.4, -0.2) is 58.2 Å². The number of amides is 2. The molecule has 0 bridgehead atoms. The van der Waals surface area contributed by atoms with Crippen LogP contribution < -0.4 is 5.32 Å². The third-order valence-electron chi connectivity index (χ3n) is 4.11. The summed E-state index contributed by atoms with van der Waals surface area (Å²) in [6.07, 6.45) is 1.06. The van der Waals surface area contributed by atoms with Crippen molar-refractivity contribution in [3.63, 3.8) is 0 Å². The van der Waals surface area contributed by atoms with Crippen molar-refractivity contribution in [3.05, 3.63) is 33.7 Å². The summed E-state index contributed by atoms with van der Waals surface area (Å²) < 4.78 is 5.45. The summed E-state index contributed by atoms with van der Waals surface area (Å²) in [5.41, 5.74) is 0.600. The lowest BCUT2D eigenvalue weighted by Gasteiger charge is -2.49. The van der Waals surface area contributed by atoms with E-state index in [4.69, 9.17) is 4.74 Å². The highest BCUT2D eigenvalue weighted by Gasteiger charge is 2.54. The van der Waals surface area contributed by atoms with Gasteiger partial charge in [-0.2, -0.15) is 0 Å². The fourth-order valence-corrected chi connectivity index (χ4v) is 4.96. The number of thioether (sulfide) groups is 1. The van der Waals surface area contributed by atoms with E-state index in [-0.39, 0.29) is 35.9 Å². The highest BCUT2D eigenvalue weighted by molar-refractivity contribution is 8.00. The molecule has 3 rings (SSSR count). The van der Waals surface area contributed by atoms with E-state index in [2.05, 4.69) is 5.32 Å². The van der Waals surface area contributed by atoms with E-state index in [1.54, 1.807) is 0 Å². The Morgan fingerprint density at radius 2 is 2.27 bits per heavy atom. The number of hydrogen-bond donors (Lipinski definition) is 2. The van der Waals surface area contributed by atoms with Crippen molar-refractivity contribution in [1.29, 1.82) is 0 Å². The molecule has 7 nitrogen and oxygen atoms in total. The van der Waals surface area contributed by atoms with Crippen LogP contribution in [0.5, 0.6) is 0 Å². The lowest BCUT2D eigenvalue weighted by molar-refractivity contribution is -0.150. The second-order valence-electron chi connectivity index (χ2n) is 6.02. The number of thiophene rings is 1. The van der Waals surface area contributed by atoms with Crippen LogP contribution >= 0.6 is 23.1 Å². The van der Waals surface area contributed by atoms with Gasteiger partial charge in [-0.3, -0.25) is 14.5 Å². The standard InChI is InChI=1S/C17H20N2O5S2/c1-2-5-24-8-10-9-26-16-13(15(21)19(16)14(10)17(22)23)18-12(20)7-11-4-3-6-25-11/h3-4,6,13,16H,2,5,7-9H2,1H3,(H,18,20)(H,22,23)/t13-,16-/m1/s1. The normalized spacial score (nSPS) is 22.0. The van der Waals surface area contributed by atoms with Crippen LogP contribution in [0.3, 0.4) is 0 Å². The van der Waals surface area contributed by atoms with Crippen LogP contribution in [0.4, 0.5) is 0 Å². The monoisotopic (exact) mass is 396 g/mol. The largest absolute Gasteiger partial charge is 0.477 e. The topological polar surface area (TPSA) is 95.9 Å². The Morgan fingerprint density at radius 1 is 1.46 bits per heavy atom. The first-order chi connectivity index (χ1) is 12.5. The number of rotatable bonds is 8. The molecule has 1 fully saturated rings. The van der Waals surface area contributed by atoms with Gasteiger partial charge in [-0.15, -0.1) is 23.1 Å². The Bertz CT molecular complexity index is 732. The fraction of sp³-hybridized carbons (Fsp3) is 0.471. The Morgan fingerprint density at radius 3 is 2.92 bits per heavy atom. The summed E-state index contributed by atoms with van der Waals surface area (Å²) in [7, 11) is 0. The molecule has 1 aromatic rings. The van der Waals surface area contributed by atoms with E-state index in [0.717, 1.165) is 11.3 Å². The molecule has 0 aromatic carbocycles. The number of nitrogens with zero attached hydrogens (tertiary/aromatic N) is 1. The fourth-order valence-electron chi connectivity index (χ4n) is 2.93. The van der Waals surface area contributed by atoms with Gasteiger partial charge in [-0.1, -0.05) is 13.0 Å². The van der Waals surface area contributed by atoms with Crippen LogP contribution in [0.15, 0.2) is 28.8 Å². The smallest absolute Gasteiger partial charge is 0.352 e. The number of carboxylic acids is 1. The van der Waals surface area contributed by atoms with E-state index >= 15 is 0 Å². The minimum absolute atomic E-state index is 0.00129. The van der Waals surface area contributed by atoms with Crippen molar-refractivity contribution in [2.45, 2.75) is 31.2 Å². The van der Waals surface area contributed by atoms with Crippen LogP contribution in [0, 0.1) is 0 Å². The number of hydrogen-bond acceptors (Lipinski definition) is 6. The van der Waals surface area contributed by atoms with E-state index in [1.807, 2.05) is 24.4 Å². The molecule has 26 heavy (non-hydrogen) atoms. The maximum Gasteiger partial charge on any atom is 0.352 e. The van der Waals surface area contributed by atoms with Gasteiger partial charge in [0.1, 0.15) is 17.1 Å². The van der Waals surface area contributed by atoms with Gasteiger partial charge in [0, 0.05) is 17.2 Å². The van der Waals surface area contributed by atoms with Crippen LogP contribution in [-0.2, 0) is 25.5 Å². The van der Waals surface area contributed by atoms with Crippen molar-refractivity contribution in [2.24, 2.45) is 0 Å². The summed E-state index contributed by atoms with van der Waals surface area (Å²) in [5.74, 6) is -1.28. The SMILES string of the molecule is CCCOCC1=C(C(=O)O)N2C(=O)[C@@H](NC(=O)Cc3cccs3)[C@H]2SC1. The molecule has 140 valence electrons. The first-order valence-corrected chi connectivity index (χ1v) is 10.2. The van der Waals surface area contributed by atoms with Gasteiger partial charge in [-0.05, 0) is 23.4 Å². The van der Waals surface area contributed by atoms with Crippen molar-refractivity contribution in [3.8, 4) is 0 Å². The molecular weight excluding hydrogens is 376 g/mol. The van der Waals surface area contributed by atoms with Crippen LogP contribution in [0.2, 0.25) is 0 Å². The first kappa shape index (κ1) is 18.9. The zero-order valence-corrected chi connectivity index (χ0v) is 15.9. The molecular formula is C17H20N2O5S2. The summed E-state index contributed by atoms with van der Waals surface area (Å²) in [4.78, 5) is 38.5. The zero-order chi connectivity index (χ0) is 18.7. The van der Waals surface area contributed by atoms with Crippen molar-refractivity contribution >= 4 is 40.9 Å². The minimum atomic E-state index is -1.14. The number of nitrogens with one attached hydrogen (secondary N) is 1. The first-order valence-electron chi connectivity index (χ1n) is 8.32. The molecule has 0 aliphatic carbocycles. The van der Waals surface area contributed by atoms with Crippen molar-refractivity contribution in [1.82, 2.24) is 10.2 Å². The molecule has 2 aliphatic rings. The average Bonchev–Trinajstić information content (AvgIpc) is 3.12. The Kier molecular flexibility index (Phi) is 6.00. The van der Waals surface area contributed by atoms with E-state index in [0.29, 0.717) is 17.9 Å². The molecule has 3 heterocycles. The van der Waals surface area contributed by atoms with Gasteiger partial charge in [0.2, 0.25) is 5.91 Å². The highest BCUT2D eigenvalue weighted by Crippen LogP contribution is 2.40. The maximum absolute atomic E-state index is 12.5. The number of fused-ring (bicyclic) bond motifs is 1. The number of β-lactam (4-membered cyclic amide) rings is 1. The quantitative estimate of drug-likeness (QED) is 0.510. The number of carboxylic acid groups (broad SMARTS) is 1. The van der Waals surface area contributed by atoms with Crippen molar-refractivity contribution < 1.29 is 24.2 Å². The molecule has 2 N–H and O–H groups in total. The van der Waals surface area contributed by atoms with Gasteiger partial charge in [-0.25, -0.2) is 4.79 Å². The van der Waals surface area contributed by atoms with Gasteiger partial charge >= 0.3 is 5.97 Å². The highest BCUT2D eigenvalue weighted by atomic mass is 32.2. The van der Waals surface area contributed by atoms with Gasteiger partial charge in [0.25, 0.3) is 5.91 Å². The summed E-state index contributed by atoms with van der Waals surface area (Å²) in [5, 5.41) is 13.8. The van der Waals surface area contributed by atoms with Gasteiger partial charge in [0.05, 0.1) is 13.0 Å². The summed E-state index contributed by atoms with van der Waals surface area (Å²) in [6.45, 7) is 2.72. The Hall–Kier alpha value is -1.84. The summed E-state index contributed by atoms with van der Waals surface area (Å²) >= 11 is 2.93. The molecule has 1 saturated heterocycles. The zero-order valence-electron chi connectivity index (χ0n) is 14.3. The molecule has 2 aliphatic heterocycles. The predicted molar refractivity (Wildman–Crippen MR) is 98.8 cm³/mol. The minimum Gasteiger partial charge on any atom is -0.477 e. The molecule has 0 saturated carbocycles. The van der Waals surface area contributed by atoms with E-state index in [1.165, 1.54) is 28.0 Å². The Balaban J connectivity index is 1.66. The van der Waals surface area contributed by atoms with Crippen LogP contribution in [0.25, 0.3) is 0 Å². The second kappa shape index (κ2) is 8.24. The molecule has 2 amide bonds. The third-order valence-corrected chi connectivity index (χ3v) is 6.32. The number of ether oxygens (including phenoxy) is 1. The lowest BCUT2D eigenvalue weighted by Crippen LogP contribution is -2.70. The maximum atomic E-state index is 12.5. The van der Waals surface area contributed by atoms with Crippen LogP contribution in [0.1, 0.15) is 18.2 Å². The second-order valence-corrected chi connectivity index (χ2v) is 8.16. The Labute approximate surface area is 159 Å². The summed E-state index contributed by atoms with van der Waals surface area (Å²) in [6, 6.07) is 3.05. The molecule has 0 radical (unpaired) electrons.